The molecule has 1 aromatic carbocycles. The van der Waals surface area contributed by atoms with Crippen LogP contribution in [0.25, 0.3) is 0 Å². The smallest absolute Gasteiger partial charge is 0.229 e. The normalized spacial score (nSPS) is 11.6. The maximum absolute atomic E-state index is 13.3. The van der Waals surface area contributed by atoms with E-state index in [1.165, 1.54) is 32.0 Å². The minimum absolute atomic E-state index is 0.185. The van der Waals surface area contributed by atoms with Gasteiger partial charge in [0.05, 0.1) is 11.3 Å². The van der Waals surface area contributed by atoms with Gasteiger partial charge in [0.15, 0.2) is 0 Å². The van der Waals surface area contributed by atoms with Crippen molar-refractivity contribution < 1.29 is 14.3 Å². The molecule has 3 nitrogen and oxygen atoms in total. The van der Waals surface area contributed by atoms with E-state index in [0.29, 0.717) is 11.3 Å². The zero-order valence-corrected chi connectivity index (χ0v) is 12.5. The predicted octanol–water partition coefficient (Wildman–Crippen LogP) is 2.93. The number of carbonyl (C=O) groups is 1. The molecule has 1 aromatic rings. The average Bonchev–Trinajstić information content (AvgIpc) is 2.27. The molecule has 0 saturated heterocycles. The molecule has 108 valence electrons. The fraction of sp³-hybridized carbons (Fsp3) is 0.438. The number of carbonyl (C=O) groups excluding carboxylic acids is 1. The van der Waals surface area contributed by atoms with Gasteiger partial charge in [0.1, 0.15) is 11.4 Å². The zero-order valence-electron chi connectivity index (χ0n) is 12.5. The minimum Gasteiger partial charge on any atom is -0.378 e. The number of benzene rings is 1. The van der Waals surface area contributed by atoms with Crippen molar-refractivity contribution in [1.82, 2.24) is 0 Å². The first kappa shape index (κ1) is 16.2. The summed E-state index contributed by atoms with van der Waals surface area (Å²) < 4.78 is 13.3. The molecule has 0 aliphatic heterocycles. The van der Waals surface area contributed by atoms with Crippen molar-refractivity contribution in [2.75, 3.05) is 5.32 Å². The lowest BCUT2D eigenvalue weighted by atomic mass is 9.95. The van der Waals surface area contributed by atoms with Gasteiger partial charge in [-0.05, 0) is 32.0 Å². The Bertz CT molecular complexity index is 569. The van der Waals surface area contributed by atoms with Crippen LogP contribution in [0.3, 0.4) is 0 Å². The topological polar surface area (TPSA) is 49.3 Å². The van der Waals surface area contributed by atoms with E-state index in [2.05, 4.69) is 17.2 Å². The summed E-state index contributed by atoms with van der Waals surface area (Å²) in [6.45, 7) is 8.43. The Morgan fingerprint density at radius 3 is 2.35 bits per heavy atom. The molecule has 0 unspecified atom stereocenters. The maximum Gasteiger partial charge on any atom is 0.229 e. The molecule has 0 aliphatic carbocycles. The Labute approximate surface area is 119 Å². The van der Waals surface area contributed by atoms with Crippen molar-refractivity contribution in [3.63, 3.8) is 0 Å². The molecule has 0 bridgehead atoms. The van der Waals surface area contributed by atoms with Gasteiger partial charge in [0, 0.05) is 5.41 Å². The van der Waals surface area contributed by atoms with Gasteiger partial charge in [-0.25, -0.2) is 4.39 Å². The first-order valence-electron chi connectivity index (χ1n) is 6.35. The summed E-state index contributed by atoms with van der Waals surface area (Å²) in [5.74, 6) is 4.67. The minimum atomic E-state index is -1.18. The van der Waals surface area contributed by atoms with E-state index >= 15 is 0 Å². The van der Waals surface area contributed by atoms with E-state index in [1.54, 1.807) is 20.8 Å². The van der Waals surface area contributed by atoms with Gasteiger partial charge < -0.3 is 10.4 Å². The molecular weight excluding hydrogens is 257 g/mol. The van der Waals surface area contributed by atoms with Gasteiger partial charge in [-0.3, -0.25) is 4.79 Å². The number of aliphatic hydroxyl groups is 1. The maximum atomic E-state index is 13.3. The third-order valence-corrected chi connectivity index (χ3v) is 2.41. The van der Waals surface area contributed by atoms with Gasteiger partial charge in [0.25, 0.3) is 0 Å². The summed E-state index contributed by atoms with van der Waals surface area (Å²) in [4.78, 5) is 12.0. The van der Waals surface area contributed by atoms with Crippen LogP contribution in [0.4, 0.5) is 10.1 Å². The molecule has 0 radical (unpaired) electrons. The van der Waals surface area contributed by atoms with Gasteiger partial charge in [-0.1, -0.05) is 32.6 Å². The number of nitrogens with one attached hydrogen (secondary N) is 1. The van der Waals surface area contributed by atoms with Crippen LogP contribution in [0.2, 0.25) is 0 Å². The SMILES string of the molecule is CC(C)(O)C#Cc1cc(F)ccc1NC(=O)C(C)(C)C. The van der Waals surface area contributed by atoms with E-state index < -0.39 is 16.8 Å². The Kier molecular flexibility index (Phi) is 4.57. The van der Waals surface area contributed by atoms with E-state index in [-0.39, 0.29) is 5.91 Å². The lowest BCUT2D eigenvalue weighted by molar-refractivity contribution is -0.123. The van der Waals surface area contributed by atoms with E-state index in [1.807, 2.05) is 0 Å². The lowest BCUT2D eigenvalue weighted by Gasteiger charge is -2.18. The second-order valence-electron chi connectivity index (χ2n) is 6.20. The summed E-state index contributed by atoms with van der Waals surface area (Å²) in [5, 5.41) is 12.3. The first-order valence-corrected chi connectivity index (χ1v) is 6.35. The number of hydrogen-bond donors (Lipinski definition) is 2. The lowest BCUT2D eigenvalue weighted by Crippen LogP contribution is -2.28. The molecule has 4 heteroatoms. The third-order valence-electron chi connectivity index (χ3n) is 2.41. The quantitative estimate of drug-likeness (QED) is 0.775. The molecule has 1 amide bonds. The van der Waals surface area contributed by atoms with Gasteiger partial charge >= 0.3 is 0 Å². The molecule has 0 atom stereocenters. The second-order valence-corrected chi connectivity index (χ2v) is 6.20. The Hall–Kier alpha value is -1.86. The van der Waals surface area contributed by atoms with Crippen LogP contribution in [0, 0.1) is 23.1 Å². The van der Waals surface area contributed by atoms with E-state index in [9.17, 15) is 14.3 Å². The molecule has 0 fully saturated rings. The third kappa shape index (κ3) is 5.02. The van der Waals surface area contributed by atoms with Crippen LogP contribution >= 0.6 is 0 Å². The van der Waals surface area contributed by atoms with E-state index in [0.717, 1.165) is 0 Å². The number of hydrogen-bond acceptors (Lipinski definition) is 2. The average molecular weight is 277 g/mol. The summed E-state index contributed by atoms with van der Waals surface area (Å²) in [5.41, 5.74) is -0.972. The molecule has 0 saturated carbocycles. The van der Waals surface area contributed by atoms with Crippen molar-refractivity contribution in [2.45, 2.75) is 40.2 Å². The molecule has 2 N–H and O–H groups in total. The predicted molar refractivity (Wildman–Crippen MR) is 77.7 cm³/mol. The molecular formula is C16H20FNO2. The number of anilines is 1. The van der Waals surface area contributed by atoms with Crippen LogP contribution in [0.1, 0.15) is 40.2 Å². The highest BCUT2D eigenvalue weighted by Gasteiger charge is 2.22. The number of halogens is 1. The van der Waals surface area contributed by atoms with Crippen molar-refractivity contribution in [1.29, 1.82) is 0 Å². The first-order chi connectivity index (χ1) is 8.99. The van der Waals surface area contributed by atoms with Crippen LogP contribution in [0.5, 0.6) is 0 Å². The Balaban J connectivity index is 3.14. The van der Waals surface area contributed by atoms with Crippen molar-refractivity contribution >= 4 is 11.6 Å². The van der Waals surface area contributed by atoms with Crippen LogP contribution < -0.4 is 5.32 Å². The zero-order chi connectivity index (χ0) is 15.6. The van der Waals surface area contributed by atoms with Crippen LogP contribution in [-0.2, 0) is 4.79 Å². The molecule has 1 rings (SSSR count). The van der Waals surface area contributed by atoms with Crippen LogP contribution in [-0.4, -0.2) is 16.6 Å². The fourth-order valence-electron chi connectivity index (χ4n) is 1.26. The highest BCUT2D eigenvalue weighted by atomic mass is 19.1. The Morgan fingerprint density at radius 2 is 1.85 bits per heavy atom. The van der Waals surface area contributed by atoms with Gasteiger partial charge in [0.2, 0.25) is 5.91 Å². The highest BCUT2D eigenvalue weighted by molar-refractivity contribution is 5.95. The van der Waals surface area contributed by atoms with Gasteiger partial charge in [-0.2, -0.15) is 0 Å². The number of rotatable bonds is 1. The van der Waals surface area contributed by atoms with Crippen molar-refractivity contribution in [3.8, 4) is 11.8 Å². The molecule has 0 aliphatic rings. The Morgan fingerprint density at radius 1 is 1.25 bits per heavy atom. The summed E-state index contributed by atoms with van der Waals surface area (Å²) in [7, 11) is 0. The fourth-order valence-corrected chi connectivity index (χ4v) is 1.26. The molecule has 0 heterocycles. The van der Waals surface area contributed by atoms with Crippen molar-refractivity contribution in [3.05, 3.63) is 29.6 Å². The standard InChI is InChI=1S/C16H20FNO2/c1-15(2,3)14(19)18-13-7-6-12(17)10-11(13)8-9-16(4,5)20/h6-7,10,20H,1-5H3,(H,18,19). The monoisotopic (exact) mass is 277 g/mol. The molecule has 0 aromatic heterocycles. The summed E-state index contributed by atoms with van der Waals surface area (Å²) in [6, 6.07) is 3.96. The largest absolute Gasteiger partial charge is 0.378 e. The summed E-state index contributed by atoms with van der Waals surface area (Å²) >= 11 is 0. The molecule has 0 spiro atoms. The van der Waals surface area contributed by atoms with Crippen LogP contribution in [0.15, 0.2) is 18.2 Å². The summed E-state index contributed by atoms with van der Waals surface area (Å²) in [6.07, 6.45) is 0. The number of amides is 1. The van der Waals surface area contributed by atoms with Crippen molar-refractivity contribution in [2.24, 2.45) is 5.41 Å². The van der Waals surface area contributed by atoms with Gasteiger partial charge in [-0.15, -0.1) is 0 Å². The second kappa shape index (κ2) is 5.64. The van der Waals surface area contributed by atoms with E-state index in [4.69, 9.17) is 0 Å². The highest BCUT2D eigenvalue weighted by Crippen LogP contribution is 2.21. The molecule has 20 heavy (non-hydrogen) atoms.